The molecule has 1 amide bonds. The molecule has 2 rings (SSSR count). The summed E-state index contributed by atoms with van der Waals surface area (Å²) in [5.74, 6) is -2.72. The molecule has 0 heterocycles. The monoisotopic (exact) mass is 386 g/mol. The Balaban J connectivity index is 2.18. The second-order valence-electron chi connectivity index (χ2n) is 5.97. The van der Waals surface area contributed by atoms with Crippen LogP contribution in [0.1, 0.15) is 12.0 Å². The van der Waals surface area contributed by atoms with E-state index in [1.165, 1.54) is 24.3 Å². The number of carboxylic acids is 1. The highest BCUT2D eigenvalue weighted by Gasteiger charge is 2.29. The summed E-state index contributed by atoms with van der Waals surface area (Å²) in [7, 11) is 0. The number of carbonyl (C=O) groups excluding carboxylic acids is 2. The Morgan fingerprint density at radius 2 is 1.79 bits per heavy atom. The zero-order chi connectivity index (χ0) is 20.5. The summed E-state index contributed by atoms with van der Waals surface area (Å²) in [6, 6.07) is 12.7. The molecule has 9 nitrogen and oxygen atoms in total. The first-order chi connectivity index (χ1) is 13.4. The van der Waals surface area contributed by atoms with Crippen molar-refractivity contribution in [1.82, 2.24) is 5.32 Å². The third-order valence-corrected chi connectivity index (χ3v) is 4.01. The maximum atomic E-state index is 12.6. The van der Waals surface area contributed by atoms with Gasteiger partial charge < -0.3 is 15.2 Å². The van der Waals surface area contributed by atoms with Gasteiger partial charge in [-0.1, -0.05) is 30.3 Å². The molecule has 0 aromatic heterocycles. The van der Waals surface area contributed by atoms with Crippen LogP contribution < -0.4 is 10.1 Å². The Morgan fingerprint density at radius 1 is 1.14 bits per heavy atom. The smallest absolute Gasteiger partial charge is 0.326 e. The number of carboxylic acid groups (broad SMARTS) is 1. The Kier molecular flexibility index (Phi) is 7.21. The molecule has 0 bridgehead atoms. The third-order valence-electron chi connectivity index (χ3n) is 4.01. The summed E-state index contributed by atoms with van der Waals surface area (Å²) < 4.78 is 5.27. The van der Waals surface area contributed by atoms with E-state index in [2.05, 4.69) is 5.32 Å². The van der Waals surface area contributed by atoms with E-state index in [4.69, 9.17) is 4.74 Å². The van der Waals surface area contributed by atoms with Crippen molar-refractivity contribution >= 4 is 24.0 Å². The van der Waals surface area contributed by atoms with Gasteiger partial charge in [-0.25, -0.2) is 4.79 Å². The number of benzene rings is 2. The molecule has 2 aromatic carbocycles. The van der Waals surface area contributed by atoms with Gasteiger partial charge in [0.25, 0.3) is 5.69 Å². The minimum atomic E-state index is -1.27. The SMILES string of the molecule is O=CN[C@@H](CC(Cc1ccccc1)C(=O)Oc1ccc([N+](=O)[O-])cc1)C(=O)O. The highest BCUT2D eigenvalue weighted by Crippen LogP contribution is 2.21. The number of rotatable bonds is 10. The normalized spacial score (nSPS) is 12.4. The fraction of sp³-hybridized carbons (Fsp3) is 0.211. The quantitative estimate of drug-likeness (QED) is 0.209. The zero-order valence-electron chi connectivity index (χ0n) is 14.7. The Hall–Kier alpha value is -3.75. The molecule has 0 aliphatic carbocycles. The number of nitro groups is 1. The van der Waals surface area contributed by atoms with Gasteiger partial charge in [-0.15, -0.1) is 0 Å². The molecule has 0 aliphatic heterocycles. The largest absolute Gasteiger partial charge is 0.480 e. The number of hydrogen-bond donors (Lipinski definition) is 2. The first-order valence-corrected chi connectivity index (χ1v) is 8.33. The molecule has 1 unspecified atom stereocenters. The Bertz CT molecular complexity index is 837. The number of carbonyl (C=O) groups is 3. The fourth-order valence-electron chi connectivity index (χ4n) is 2.60. The molecule has 0 aliphatic rings. The van der Waals surface area contributed by atoms with Gasteiger partial charge in [0.05, 0.1) is 10.8 Å². The van der Waals surface area contributed by atoms with Crippen molar-refractivity contribution in [3.05, 3.63) is 70.3 Å². The second kappa shape index (κ2) is 9.81. The average Bonchev–Trinajstić information content (AvgIpc) is 2.68. The van der Waals surface area contributed by atoms with Crippen LogP contribution in [0.2, 0.25) is 0 Å². The summed E-state index contributed by atoms with van der Waals surface area (Å²) in [4.78, 5) is 44.7. The Morgan fingerprint density at radius 3 is 2.32 bits per heavy atom. The first kappa shape index (κ1) is 20.6. The van der Waals surface area contributed by atoms with Crippen molar-refractivity contribution in [2.75, 3.05) is 0 Å². The van der Waals surface area contributed by atoms with Gasteiger partial charge in [0.2, 0.25) is 6.41 Å². The molecule has 0 fully saturated rings. The number of ether oxygens (including phenoxy) is 1. The predicted octanol–water partition coefficient (Wildman–Crippen LogP) is 1.95. The van der Waals surface area contributed by atoms with E-state index in [-0.39, 0.29) is 30.7 Å². The molecule has 0 saturated heterocycles. The lowest BCUT2D eigenvalue weighted by Gasteiger charge is -2.19. The van der Waals surface area contributed by atoms with Crippen molar-refractivity contribution in [1.29, 1.82) is 0 Å². The summed E-state index contributed by atoms with van der Waals surface area (Å²) in [5.41, 5.74) is 0.644. The minimum Gasteiger partial charge on any atom is -0.480 e. The van der Waals surface area contributed by atoms with Crippen molar-refractivity contribution in [3.8, 4) is 5.75 Å². The molecule has 28 heavy (non-hydrogen) atoms. The van der Waals surface area contributed by atoms with E-state index in [9.17, 15) is 29.6 Å². The molecule has 2 atom stereocenters. The van der Waals surface area contributed by atoms with Crippen molar-refractivity contribution < 1.29 is 29.2 Å². The van der Waals surface area contributed by atoms with E-state index < -0.39 is 28.8 Å². The lowest BCUT2D eigenvalue weighted by atomic mass is 9.92. The van der Waals surface area contributed by atoms with Gasteiger partial charge in [-0.05, 0) is 30.5 Å². The minimum absolute atomic E-state index is 0.101. The number of non-ortho nitro benzene ring substituents is 1. The van der Waals surface area contributed by atoms with Crippen LogP contribution in [0.25, 0.3) is 0 Å². The number of hydrogen-bond acceptors (Lipinski definition) is 6. The van der Waals surface area contributed by atoms with Gasteiger partial charge >= 0.3 is 11.9 Å². The van der Waals surface area contributed by atoms with Crippen LogP contribution in [0.3, 0.4) is 0 Å². The summed E-state index contributed by atoms with van der Waals surface area (Å²) in [6.07, 6.45) is 0.297. The van der Waals surface area contributed by atoms with Crippen LogP contribution in [-0.4, -0.2) is 34.4 Å². The van der Waals surface area contributed by atoms with Gasteiger partial charge in [0, 0.05) is 12.1 Å². The van der Waals surface area contributed by atoms with Gasteiger partial charge in [-0.3, -0.25) is 19.7 Å². The average molecular weight is 386 g/mol. The van der Waals surface area contributed by atoms with Crippen LogP contribution in [0.15, 0.2) is 54.6 Å². The van der Waals surface area contributed by atoms with Crippen molar-refractivity contribution in [2.24, 2.45) is 5.92 Å². The first-order valence-electron chi connectivity index (χ1n) is 8.33. The van der Waals surface area contributed by atoms with Crippen LogP contribution in [0.5, 0.6) is 5.75 Å². The van der Waals surface area contributed by atoms with Crippen LogP contribution in [0, 0.1) is 16.0 Å². The maximum absolute atomic E-state index is 12.6. The number of nitro benzene ring substituents is 1. The highest BCUT2D eigenvalue weighted by atomic mass is 16.6. The molecule has 146 valence electrons. The summed E-state index contributed by atoms with van der Waals surface area (Å²) in [6.45, 7) is 0. The Labute approximate surface area is 160 Å². The van der Waals surface area contributed by atoms with E-state index in [1.807, 2.05) is 6.07 Å². The van der Waals surface area contributed by atoms with E-state index >= 15 is 0 Å². The lowest BCUT2D eigenvalue weighted by Crippen LogP contribution is -2.40. The van der Waals surface area contributed by atoms with E-state index in [1.54, 1.807) is 24.3 Å². The molecule has 0 radical (unpaired) electrons. The molecule has 2 aromatic rings. The lowest BCUT2D eigenvalue weighted by molar-refractivity contribution is -0.384. The maximum Gasteiger partial charge on any atom is 0.326 e. The van der Waals surface area contributed by atoms with Gasteiger partial charge in [0.15, 0.2) is 0 Å². The fourth-order valence-corrected chi connectivity index (χ4v) is 2.60. The number of aliphatic carboxylic acids is 1. The molecule has 2 N–H and O–H groups in total. The van der Waals surface area contributed by atoms with Crippen LogP contribution in [-0.2, 0) is 20.8 Å². The number of nitrogens with one attached hydrogen (secondary N) is 1. The third kappa shape index (κ3) is 5.90. The number of nitrogens with zero attached hydrogens (tertiary/aromatic N) is 1. The van der Waals surface area contributed by atoms with Crippen molar-refractivity contribution in [2.45, 2.75) is 18.9 Å². The molecular formula is C19H18N2O7. The number of esters is 1. The van der Waals surface area contributed by atoms with Crippen LogP contribution >= 0.6 is 0 Å². The predicted molar refractivity (Wildman–Crippen MR) is 97.6 cm³/mol. The standard InChI is InChI=1S/C19H18N2O7/c22-12-20-17(18(23)24)11-14(10-13-4-2-1-3-5-13)19(25)28-16-8-6-15(7-9-16)21(26)27/h1-9,12,14,17H,10-11H2,(H,20,22)(H,23,24)/t14?,17-/m0/s1. The van der Waals surface area contributed by atoms with E-state index in [0.29, 0.717) is 0 Å². The van der Waals surface area contributed by atoms with Crippen molar-refractivity contribution in [3.63, 3.8) is 0 Å². The van der Waals surface area contributed by atoms with E-state index in [0.717, 1.165) is 5.56 Å². The van der Waals surface area contributed by atoms with Gasteiger partial charge in [-0.2, -0.15) is 0 Å². The molecule has 0 spiro atoms. The second-order valence-corrected chi connectivity index (χ2v) is 5.97. The van der Waals surface area contributed by atoms with Gasteiger partial charge in [0.1, 0.15) is 11.8 Å². The zero-order valence-corrected chi connectivity index (χ0v) is 14.7. The molecule has 0 saturated carbocycles. The topological polar surface area (TPSA) is 136 Å². The highest BCUT2D eigenvalue weighted by molar-refractivity contribution is 5.79. The molecule has 9 heteroatoms. The molecular weight excluding hydrogens is 368 g/mol. The number of amides is 1. The summed E-state index contributed by atoms with van der Waals surface area (Å²) in [5, 5.41) is 22.1. The van der Waals surface area contributed by atoms with Crippen LogP contribution in [0.4, 0.5) is 5.69 Å². The summed E-state index contributed by atoms with van der Waals surface area (Å²) >= 11 is 0.